The van der Waals surface area contributed by atoms with Crippen molar-refractivity contribution >= 4 is 46.1 Å². The Balaban J connectivity index is 1.58. The van der Waals surface area contributed by atoms with Gasteiger partial charge in [0, 0.05) is 10.4 Å². The summed E-state index contributed by atoms with van der Waals surface area (Å²) in [6.45, 7) is 0. The first kappa shape index (κ1) is 17.4. The number of para-hydroxylation sites is 1. The first-order valence-corrected chi connectivity index (χ1v) is 8.47. The Labute approximate surface area is 162 Å². The second-order valence-electron chi connectivity index (χ2n) is 5.48. The lowest BCUT2D eigenvalue weighted by Crippen LogP contribution is -2.10. The molecule has 2 aromatic heterocycles. The Kier molecular flexibility index (Phi) is 4.47. The fourth-order valence-electron chi connectivity index (χ4n) is 2.51. The molecule has 0 bridgehead atoms. The number of carbonyl (C=O) groups is 1. The highest BCUT2D eigenvalue weighted by Crippen LogP contribution is 2.31. The minimum Gasteiger partial charge on any atom is -0.493 e. The number of nitrogens with one attached hydrogen (secondary N) is 1. The zero-order valence-electron chi connectivity index (χ0n) is 13.8. The summed E-state index contributed by atoms with van der Waals surface area (Å²) in [5, 5.41) is 11.8. The van der Waals surface area contributed by atoms with Crippen LogP contribution in [0.2, 0.25) is 10.0 Å². The quantitative estimate of drug-likeness (QED) is 0.512. The molecule has 136 valence electrons. The fourth-order valence-corrected chi connectivity index (χ4v) is 3.00. The van der Waals surface area contributed by atoms with Gasteiger partial charge in [0.05, 0.1) is 17.7 Å². The zero-order valence-corrected chi connectivity index (χ0v) is 15.3. The number of hydrogen-bond donors (Lipinski definition) is 1. The summed E-state index contributed by atoms with van der Waals surface area (Å²) in [5.41, 5.74) is 0.979. The van der Waals surface area contributed by atoms with Crippen LogP contribution in [0, 0.1) is 0 Å². The van der Waals surface area contributed by atoms with Crippen LogP contribution in [0.4, 0.5) is 6.01 Å². The molecule has 9 heteroatoms. The molecule has 27 heavy (non-hydrogen) atoms. The number of nitrogens with zero attached hydrogens (tertiary/aromatic N) is 2. The molecule has 0 atom stereocenters. The summed E-state index contributed by atoms with van der Waals surface area (Å²) in [5.74, 6) is 0.228. The van der Waals surface area contributed by atoms with Crippen molar-refractivity contribution in [2.75, 3.05) is 12.4 Å². The van der Waals surface area contributed by atoms with Gasteiger partial charge in [0.1, 0.15) is 0 Å². The maximum absolute atomic E-state index is 12.4. The largest absolute Gasteiger partial charge is 0.493 e. The van der Waals surface area contributed by atoms with Gasteiger partial charge in [-0.15, -0.1) is 5.10 Å². The van der Waals surface area contributed by atoms with Crippen molar-refractivity contribution in [2.24, 2.45) is 0 Å². The number of amides is 1. The number of benzene rings is 2. The third-order valence-electron chi connectivity index (χ3n) is 3.76. The van der Waals surface area contributed by atoms with E-state index >= 15 is 0 Å². The van der Waals surface area contributed by atoms with E-state index in [4.69, 9.17) is 36.8 Å². The predicted molar refractivity (Wildman–Crippen MR) is 100 cm³/mol. The number of anilines is 1. The van der Waals surface area contributed by atoms with Crippen molar-refractivity contribution in [2.45, 2.75) is 0 Å². The number of aromatic nitrogens is 2. The molecule has 0 spiro atoms. The van der Waals surface area contributed by atoms with Crippen LogP contribution in [-0.2, 0) is 0 Å². The van der Waals surface area contributed by atoms with Gasteiger partial charge in [-0.3, -0.25) is 10.1 Å². The molecule has 0 aliphatic heterocycles. The highest BCUT2D eigenvalue weighted by molar-refractivity contribution is 6.36. The number of furan rings is 1. The van der Waals surface area contributed by atoms with Crippen molar-refractivity contribution in [3.8, 4) is 17.2 Å². The van der Waals surface area contributed by atoms with Crippen molar-refractivity contribution in [1.29, 1.82) is 0 Å². The van der Waals surface area contributed by atoms with E-state index in [1.54, 1.807) is 36.4 Å². The van der Waals surface area contributed by atoms with E-state index in [9.17, 15) is 4.79 Å². The Hall–Kier alpha value is -3.03. The van der Waals surface area contributed by atoms with Crippen molar-refractivity contribution in [3.63, 3.8) is 0 Å². The maximum Gasteiger partial charge on any atom is 0.322 e. The van der Waals surface area contributed by atoms with Crippen LogP contribution >= 0.6 is 23.2 Å². The Bertz CT molecular complexity index is 1150. The summed E-state index contributed by atoms with van der Waals surface area (Å²) in [6, 6.07) is 11.7. The van der Waals surface area contributed by atoms with Gasteiger partial charge in [-0.1, -0.05) is 40.4 Å². The number of hydrogen-bond acceptors (Lipinski definition) is 6. The molecule has 1 amide bonds. The van der Waals surface area contributed by atoms with Crippen LogP contribution in [-0.4, -0.2) is 23.2 Å². The number of fused-ring (bicyclic) bond motifs is 1. The first-order chi connectivity index (χ1) is 13.0. The van der Waals surface area contributed by atoms with Crippen molar-refractivity contribution < 1.29 is 18.4 Å². The van der Waals surface area contributed by atoms with E-state index in [1.807, 2.05) is 6.07 Å². The molecule has 7 nitrogen and oxygen atoms in total. The van der Waals surface area contributed by atoms with Crippen LogP contribution in [0.3, 0.4) is 0 Å². The molecule has 0 radical (unpaired) electrons. The Morgan fingerprint density at radius 3 is 2.74 bits per heavy atom. The molecule has 0 aliphatic rings. The van der Waals surface area contributed by atoms with Crippen LogP contribution < -0.4 is 10.1 Å². The molecule has 0 fully saturated rings. The highest BCUT2D eigenvalue weighted by atomic mass is 35.5. The van der Waals surface area contributed by atoms with Crippen molar-refractivity contribution in [3.05, 3.63) is 58.3 Å². The Morgan fingerprint density at radius 2 is 1.96 bits per heavy atom. The smallest absolute Gasteiger partial charge is 0.322 e. The van der Waals surface area contributed by atoms with E-state index in [1.165, 1.54) is 7.11 Å². The van der Waals surface area contributed by atoms with Gasteiger partial charge >= 0.3 is 6.01 Å². The average molecular weight is 404 g/mol. The molecule has 4 rings (SSSR count). The van der Waals surface area contributed by atoms with Gasteiger partial charge in [0.15, 0.2) is 17.1 Å². The molecule has 0 aliphatic carbocycles. The van der Waals surface area contributed by atoms with Gasteiger partial charge in [-0.2, -0.15) is 0 Å². The lowest BCUT2D eigenvalue weighted by molar-refractivity contribution is 0.0995. The van der Waals surface area contributed by atoms with E-state index in [-0.39, 0.29) is 17.7 Å². The molecule has 0 unspecified atom stereocenters. The summed E-state index contributed by atoms with van der Waals surface area (Å²) >= 11 is 12.0. The lowest BCUT2D eigenvalue weighted by Gasteiger charge is -1.99. The molecule has 0 saturated carbocycles. The molecule has 1 N–H and O–H groups in total. The van der Waals surface area contributed by atoms with Crippen LogP contribution in [0.15, 0.2) is 51.3 Å². The van der Waals surface area contributed by atoms with E-state index in [0.717, 1.165) is 5.39 Å². The molecule has 0 saturated heterocycles. The fraction of sp³-hybridized carbons (Fsp3) is 0.0556. The minimum atomic E-state index is -0.536. The van der Waals surface area contributed by atoms with Gasteiger partial charge in [-0.05, 0) is 30.3 Å². The van der Waals surface area contributed by atoms with Gasteiger partial charge < -0.3 is 13.6 Å². The number of methoxy groups -OCH3 is 1. The average Bonchev–Trinajstić information content (AvgIpc) is 3.28. The molecule has 2 heterocycles. The zero-order chi connectivity index (χ0) is 19.0. The van der Waals surface area contributed by atoms with E-state index in [2.05, 4.69) is 15.5 Å². The monoisotopic (exact) mass is 403 g/mol. The number of rotatable bonds is 4. The molecular weight excluding hydrogens is 393 g/mol. The minimum absolute atomic E-state index is 0.0822. The van der Waals surface area contributed by atoms with Gasteiger partial charge in [0.2, 0.25) is 0 Å². The highest BCUT2D eigenvalue weighted by Gasteiger charge is 2.18. The second kappa shape index (κ2) is 6.94. The second-order valence-corrected chi connectivity index (χ2v) is 6.32. The van der Waals surface area contributed by atoms with Crippen LogP contribution in [0.1, 0.15) is 10.6 Å². The topological polar surface area (TPSA) is 90.4 Å². The van der Waals surface area contributed by atoms with Crippen LogP contribution in [0.25, 0.3) is 22.4 Å². The van der Waals surface area contributed by atoms with Crippen molar-refractivity contribution in [1.82, 2.24) is 10.2 Å². The summed E-state index contributed by atoms with van der Waals surface area (Å²) < 4.78 is 16.3. The molecule has 2 aromatic carbocycles. The normalized spacial score (nSPS) is 10.9. The molecular formula is C18H11Cl2N3O4. The summed E-state index contributed by atoms with van der Waals surface area (Å²) in [7, 11) is 1.53. The van der Waals surface area contributed by atoms with E-state index in [0.29, 0.717) is 26.9 Å². The number of halogens is 2. The predicted octanol–water partition coefficient (Wildman–Crippen LogP) is 5.05. The summed E-state index contributed by atoms with van der Waals surface area (Å²) in [6.07, 6.45) is 0. The van der Waals surface area contributed by atoms with Crippen LogP contribution in [0.5, 0.6) is 5.75 Å². The third-order valence-corrected chi connectivity index (χ3v) is 4.31. The summed E-state index contributed by atoms with van der Waals surface area (Å²) in [4.78, 5) is 12.4. The lowest BCUT2D eigenvalue weighted by atomic mass is 10.2. The number of carbonyl (C=O) groups excluding carboxylic acids is 1. The van der Waals surface area contributed by atoms with Gasteiger partial charge in [0.25, 0.3) is 11.8 Å². The van der Waals surface area contributed by atoms with Gasteiger partial charge in [-0.25, -0.2) is 0 Å². The standard InChI is InChI=1S/C18H11Cl2N3O4/c1-25-13-4-2-3-9-7-14(26-15(9)13)16(24)21-18-23-22-17(27-18)11-6-5-10(19)8-12(11)20/h2-8H,1H3,(H,21,23,24). The SMILES string of the molecule is COc1cccc2cc(C(=O)Nc3nnc(-c4ccc(Cl)cc4Cl)o3)oc12. The number of ether oxygens (including phenoxy) is 1. The Morgan fingerprint density at radius 1 is 1.11 bits per heavy atom. The third kappa shape index (κ3) is 3.34. The maximum atomic E-state index is 12.4. The van der Waals surface area contributed by atoms with E-state index < -0.39 is 5.91 Å². The molecule has 4 aromatic rings. The first-order valence-electron chi connectivity index (χ1n) is 7.72.